The molecule has 9 nitrogen and oxygen atoms in total. The van der Waals surface area contributed by atoms with Crippen molar-refractivity contribution in [2.24, 2.45) is 4.99 Å². The van der Waals surface area contributed by atoms with E-state index < -0.39 is 0 Å². The molecule has 1 aromatic carbocycles. The van der Waals surface area contributed by atoms with E-state index in [1.807, 2.05) is 24.3 Å². The van der Waals surface area contributed by atoms with Crippen LogP contribution < -0.4 is 0 Å². The predicted octanol–water partition coefficient (Wildman–Crippen LogP) is 1.74. The summed E-state index contributed by atoms with van der Waals surface area (Å²) in [6.07, 6.45) is 0.515. The molecular weight excluding hydrogens is 454 g/mol. The number of aliphatic imine (C=N–C) groups is 1. The second-order valence-corrected chi connectivity index (χ2v) is 8.60. The fraction of sp³-hybridized carbons (Fsp3) is 0.542. The first kappa shape index (κ1) is 27.1. The van der Waals surface area contributed by atoms with Crippen LogP contribution in [0, 0.1) is 0 Å². The number of hydrogen-bond donors (Lipinski definition) is 0. The highest BCUT2D eigenvalue weighted by Gasteiger charge is 2.27. The van der Waals surface area contributed by atoms with Gasteiger partial charge in [0.1, 0.15) is 0 Å². The normalized spacial score (nSPS) is 17.8. The molecule has 4 amide bonds. The van der Waals surface area contributed by atoms with Crippen LogP contribution in [0.1, 0.15) is 33.3 Å². The van der Waals surface area contributed by atoms with Crippen molar-refractivity contribution < 1.29 is 19.2 Å². The molecule has 1 aliphatic heterocycles. The van der Waals surface area contributed by atoms with E-state index in [1.54, 1.807) is 19.6 Å². The summed E-state index contributed by atoms with van der Waals surface area (Å²) < 4.78 is 0. The minimum absolute atomic E-state index is 0.106. The topological polar surface area (TPSA) is 93.6 Å². The average Bonchev–Trinajstić information content (AvgIpc) is 2.75. The van der Waals surface area contributed by atoms with E-state index >= 15 is 0 Å². The van der Waals surface area contributed by atoms with Gasteiger partial charge in [-0.3, -0.25) is 19.2 Å². The minimum Gasteiger partial charge on any atom is -0.339 e. The number of carbonyl (C=O) groups excluding carboxylic acids is 4. The number of benzene rings is 1. The molecule has 1 aromatic rings. The Balaban J connectivity index is 2.39. The Kier molecular flexibility index (Phi) is 10.3. The standard InChI is InChI=1S/C24H33N5O4S/c1-18(30)26-9-10-27(19(2)31)13-14-29(21(4)33)24(16-28(12-11-26)20(3)32)15-22-5-7-23(8-6-22)25-17-34/h5-8,24H,9-16H2,1-4H3. The largest absolute Gasteiger partial charge is 0.339 e. The van der Waals surface area contributed by atoms with Crippen molar-refractivity contribution in [3.63, 3.8) is 0 Å². The molecular formula is C24H33N5O4S. The van der Waals surface area contributed by atoms with Gasteiger partial charge >= 0.3 is 0 Å². The molecule has 0 aromatic heterocycles. The van der Waals surface area contributed by atoms with Crippen LogP contribution in [-0.2, 0) is 25.6 Å². The zero-order valence-corrected chi connectivity index (χ0v) is 21.1. The van der Waals surface area contributed by atoms with Crippen LogP contribution in [0.25, 0.3) is 0 Å². The van der Waals surface area contributed by atoms with Crippen molar-refractivity contribution in [3.05, 3.63) is 29.8 Å². The van der Waals surface area contributed by atoms with Gasteiger partial charge in [0.15, 0.2) is 0 Å². The zero-order valence-electron chi connectivity index (χ0n) is 20.3. The third-order valence-corrected chi connectivity index (χ3v) is 6.18. The van der Waals surface area contributed by atoms with E-state index in [4.69, 9.17) is 0 Å². The Hall–Kier alpha value is -3.10. The molecule has 1 atom stereocenters. The van der Waals surface area contributed by atoms with Crippen LogP contribution in [0.4, 0.5) is 5.69 Å². The Morgan fingerprint density at radius 3 is 1.71 bits per heavy atom. The van der Waals surface area contributed by atoms with Crippen LogP contribution in [0.15, 0.2) is 29.3 Å². The molecule has 1 heterocycles. The molecule has 0 bridgehead atoms. The van der Waals surface area contributed by atoms with E-state index in [-0.39, 0.29) is 29.7 Å². The molecule has 184 valence electrons. The van der Waals surface area contributed by atoms with Crippen molar-refractivity contribution in [1.82, 2.24) is 19.6 Å². The molecule has 1 aliphatic rings. The van der Waals surface area contributed by atoms with Crippen LogP contribution in [-0.4, -0.2) is 100 Å². The molecule has 1 fully saturated rings. The van der Waals surface area contributed by atoms with Crippen LogP contribution in [0.3, 0.4) is 0 Å². The lowest BCUT2D eigenvalue weighted by atomic mass is 10.0. The SMILES string of the molecule is CC(=O)N1CCN(C(C)=O)CCN(C(C)=O)C(Cc2ccc(N=C=S)cc2)CN(C(C)=O)CC1. The van der Waals surface area contributed by atoms with Gasteiger partial charge in [0.05, 0.1) is 16.9 Å². The summed E-state index contributed by atoms with van der Waals surface area (Å²) in [4.78, 5) is 60.2. The highest BCUT2D eigenvalue weighted by atomic mass is 32.1. The number of rotatable bonds is 3. The number of carbonyl (C=O) groups is 4. The fourth-order valence-electron chi connectivity index (χ4n) is 4.10. The first-order valence-corrected chi connectivity index (χ1v) is 11.7. The van der Waals surface area contributed by atoms with Crippen LogP contribution in [0.2, 0.25) is 0 Å². The van der Waals surface area contributed by atoms with Crippen molar-refractivity contribution in [1.29, 1.82) is 0 Å². The van der Waals surface area contributed by atoms with Gasteiger partial charge < -0.3 is 19.6 Å². The Morgan fingerprint density at radius 2 is 1.26 bits per heavy atom. The first-order valence-electron chi connectivity index (χ1n) is 11.3. The summed E-state index contributed by atoms with van der Waals surface area (Å²) >= 11 is 4.65. The van der Waals surface area contributed by atoms with Crippen molar-refractivity contribution in [2.45, 2.75) is 40.2 Å². The lowest BCUT2D eigenvalue weighted by molar-refractivity contribution is -0.138. The monoisotopic (exact) mass is 487 g/mol. The van der Waals surface area contributed by atoms with E-state index in [9.17, 15) is 19.2 Å². The fourth-order valence-corrected chi connectivity index (χ4v) is 4.20. The van der Waals surface area contributed by atoms with Gasteiger partial charge in [-0.15, -0.1) is 0 Å². The van der Waals surface area contributed by atoms with E-state index in [1.165, 1.54) is 27.7 Å². The molecule has 10 heteroatoms. The van der Waals surface area contributed by atoms with E-state index in [0.29, 0.717) is 57.9 Å². The highest BCUT2D eigenvalue weighted by molar-refractivity contribution is 7.78. The van der Waals surface area contributed by atoms with Crippen molar-refractivity contribution >= 4 is 46.7 Å². The summed E-state index contributed by atoms with van der Waals surface area (Å²) in [6, 6.07) is 7.18. The Morgan fingerprint density at radius 1 is 0.794 bits per heavy atom. The van der Waals surface area contributed by atoms with Gasteiger partial charge in [-0.05, 0) is 36.3 Å². The van der Waals surface area contributed by atoms with Crippen molar-refractivity contribution in [2.75, 3.05) is 45.8 Å². The number of hydrogen-bond acceptors (Lipinski definition) is 6. The third-order valence-electron chi connectivity index (χ3n) is 6.09. The molecule has 0 saturated carbocycles. The molecule has 0 N–H and O–H groups in total. The smallest absolute Gasteiger partial charge is 0.219 e. The zero-order chi connectivity index (χ0) is 25.3. The molecule has 0 aliphatic carbocycles. The van der Waals surface area contributed by atoms with Gasteiger partial charge in [-0.25, -0.2) is 0 Å². The van der Waals surface area contributed by atoms with E-state index in [2.05, 4.69) is 22.4 Å². The maximum absolute atomic E-state index is 12.7. The van der Waals surface area contributed by atoms with E-state index in [0.717, 1.165) is 5.56 Å². The number of nitrogens with zero attached hydrogens (tertiary/aromatic N) is 5. The summed E-state index contributed by atoms with van der Waals surface area (Å²) in [6.45, 7) is 8.42. The Bertz CT molecular complexity index is 945. The maximum Gasteiger partial charge on any atom is 0.219 e. The van der Waals surface area contributed by atoms with Gasteiger partial charge in [-0.2, -0.15) is 4.99 Å². The number of thiocarbonyl (C=S) groups is 1. The lowest BCUT2D eigenvalue weighted by Gasteiger charge is -2.38. The van der Waals surface area contributed by atoms with Gasteiger partial charge in [0.25, 0.3) is 0 Å². The summed E-state index contributed by atoms with van der Waals surface area (Å²) in [5.74, 6) is -0.461. The van der Waals surface area contributed by atoms with Gasteiger partial charge in [0, 0.05) is 73.5 Å². The second kappa shape index (κ2) is 13.0. The quantitative estimate of drug-likeness (QED) is 0.478. The summed E-state index contributed by atoms with van der Waals surface area (Å²) in [5.41, 5.74) is 1.66. The van der Waals surface area contributed by atoms with Crippen LogP contribution in [0.5, 0.6) is 0 Å². The summed E-state index contributed by atoms with van der Waals surface area (Å²) in [7, 11) is 0. The average molecular weight is 488 g/mol. The first-order chi connectivity index (χ1) is 16.1. The maximum atomic E-state index is 12.7. The number of amides is 4. The van der Waals surface area contributed by atoms with Gasteiger partial charge in [0.2, 0.25) is 23.6 Å². The number of isothiocyanates is 1. The van der Waals surface area contributed by atoms with Crippen LogP contribution >= 0.6 is 12.2 Å². The summed E-state index contributed by atoms with van der Waals surface area (Å²) in [5, 5.41) is 2.34. The molecule has 1 saturated heterocycles. The second-order valence-electron chi connectivity index (χ2n) is 8.42. The Labute approximate surface area is 206 Å². The highest BCUT2D eigenvalue weighted by Crippen LogP contribution is 2.17. The molecule has 0 radical (unpaired) electrons. The molecule has 34 heavy (non-hydrogen) atoms. The van der Waals surface area contributed by atoms with Crippen molar-refractivity contribution in [3.8, 4) is 0 Å². The minimum atomic E-state index is -0.305. The molecule has 1 unspecified atom stereocenters. The van der Waals surface area contributed by atoms with Gasteiger partial charge in [-0.1, -0.05) is 12.1 Å². The molecule has 2 rings (SSSR count). The third kappa shape index (κ3) is 8.04. The lowest BCUT2D eigenvalue weighted by Crippen LogP contribution is -2.53. The molecule has 0 spiro atoms. The predicted molar refractivity (Wildman–Crippen MR) is 133 cm³/mol.